The molecule has 1 amide bonds. The van der Waals surface area contributed by atoms with E-state index in [4.69, 9.17) is 18.9 Å². The maximum atomic E-state index is 11.7. The van der Waals surface area contributed by atoms with Crippen LogP contribution in [0.3, 0.4) is 0 Å². The van der Waals surface area contributed by atoms with E-state index in [-0.39, 0.29) is 18.1 Å². The van der Waals surface area contributed by atoms with Crippen molar-refractivity contribution in [1.29, 1.82) is 5.26 Å². The normalized spacial score (nSPS) is 15.8. The first-order valence-corrected chi connectivity index (χ1v) is 16.7. The van der Waals surface area contributed by atoms with Gasteiger partial charge in [-0.1, -0.05) is 41.5 Å². The molecule has 1 aromatic carbocycles. The summed E-state index contributed by atoms with van der Waals surface area (Å²) in [7, 11) is -2.05. The molecule has 2 aromatic heterocycles. The molecule has 10 heteroatoms. The first-order valence-electron chi connectivity index (χ1n) is 14.6. The van der Waals surface area contributed by atoms with Gasteiger partial charge in [0.1, 0.15) is 24.3 Å². The Hall–Kier alpha value is -3.42. The predicted octanol–water partition coefficient (Wildman–Crippen LogP) is 6.63. The number of ether oxygens (including phenoxy) is 2. The van der Waals surface area contributed by atoms with Gasteiger partial charge in [-0.05, 0) is 49.0 Å². The highest BCUT2D eigenvalue weighted by Gasteiger charge is 2.45. The zero-order valence-corrected chi connectivity index (χ0v) is 26.5. The molecule has 0 aliphatic carbocycles. The van der Waals surface area contributed by atoms with E-state index in [2.05, 4.69) is 62.9 Å². The average molecular weight is 578 g/mol. The summed E-state index contributed by atoms with van der Waals surface area (Å²) < 4.78 is 18.8. The molecule has 1 saturated heterocycles. The molecule has 0 saturated carbocycles. The van der Waals surface area contributed by atoms with Gasteiger partial charge in [-0.15, -0.1) is 0 Å². The third kappa shape index (κ3) is 6.41. The van der Waals surface area contributed by atoms with E-state index in [1.54, 1.807) is 12.3 Å². The summed E-state index contributed by atoms with van der Waals surface area (Å²) in [5, 5.41) is 14.3. The Morgan fingerprint density at radius 2 is 1.78 bits per heavy atom. The molecule has 1 atom stereocenters. The van der Waals surface area contributed by atoms with Crippen LogP contribution in [0.4, 0.5) is 0 Å². The molecule has 0 unspecified atom stereocenters. The Bertz CT molecular complexity index is 1400. The highest BCUT2D eigenvalue weighted by atomic mass is 28.4. The monoisotopic (exact) mass is 577 g/mol. The van der Waals surface area contributed by atoms with Gasteiger partial charge in [0.15, 0.2) is 0 Å². The SMILES string of the molecule is CC(C)Oc1cc2c(OC[C@@H]3CCC(=O)N3)ncc(-c3nc(CO[Si](C(C)C)(C(C)C)C(C)C)c[nH]3)c2cc1C#N. The Kier molecular flexibility index (Phi) is 9.40. The van der Waals surface area contributed by atoms with Gasteiger partial charge < -0.3 is 24.2 Å². The highest BCUT2D eigenvalue weighted by Crippen LogP contribution is 2.43. The van der Waals surface area contributed by atoms with Crippen LogP contribution in [0.2, 0.25) is 16.6 Å². The zero-order chi connectivity index (χ0) is 29.9. The van der Waals surface area contributed by atoms with Gasteiger partial charge in [0, 0.05) is 35.2 Å². The number of pyridine rings is 1. The second-order valence-corrected chi connectivity index (χ2v) is 17.6. The lowest BCUT2D eigenvalue weighted by atomic mass is 10.0. The second-order valence-electron chi connectivity index (χ2n) is 12.1. The average Bonchev–Trinajstić information content (AvgIpc) is 3.55. The van der Waals surface area contributed by atoms with Crippen molar-refractivity contribution in [2.24, 2.45) is 0 Å². The molecule has 1 fully saturated rings. The number of hydrogen-bond acceptors (Lipinski definition) is 7. The van der Waals surface area contributed by atoms with Gasteiger partial charge >= 0.3 is 0 Å². The van der Waals surface area contributed by atoms with E-state index in [9.17, 15) is 10.1 Å². The minimum atomic E-state index is -2.05. The van der Waals surface area contributed by atoms with Crippen LogP contribution in [0, 0.1) is 11.3 Å². The minimum Gasteiger partial charge on any atom is -0.490 e. The van der Waals surface area contributed by atoms with Crippen LogP contribution in [0.25, 0.3) is 22.2 Å². The standard InChI is InChI=1S/C31H43N5O4Si/c1-18(2)40-28-12-26-25(11-22(28)13-32)27(15-34-31(26)38-16-23-9-10-29(37)35-23)30-33-14-24(36-30)17-39-41(19(3)4,20(5)6)21(7)8/h11-12,14-15,18-21,23H,9-10,16-17H2,1-8H3,(H,33,36)(H,35,37)/t23-/m0/s1. The summed E-state index contributed by atoms with van der Waals surface area (Å²) in [6.07, 6.45) is 4.71. The van der Waals surface area contributed by atoms with E-state index in [1.807, 2.05) is 26.1 Å². The van der Waals surface area contributed by atoms with E-state index in [1.165, 1.54) is 0 Å². The molecule has 220 valence electrons. The topological polar surface area (TPSA) is 122 Å². The van der Waals surface area contributed by atoms with Gasteiger partial charge in [-0.25, -0.2) is 9.97 Å². The number of rotatable bonds is 12. The molecule has 1 aliphatic rings. The molecule has 0 radical (unpaired) electrons. The first kappa shape index (κ1) is 30.5. The lowest BCUT2D eigenvalue weighted by molar-refractivity contribution is -0.119. The van der Waals surface area contributed by atoms with Gasteiger partial charge in [-0.3, -0.25) is 4.79 Å². The van der Waals surface area contributed by atoms with Gasteiger partial charge in [0.25, 0.3) is 0 Å². The first-order chi connectivity index (χ1) is 19.5. The summed E-state index contributed by atoms with van der Waals surface area (Å²) >= 11 is 0. The molecule has 9 nitrogen and oxygen atoms in total. The summed E-state index contributed by atoms with van der Waals surface area (Å²) in [6.45, 7) is 18.2. The summed E-state index contributed by atoms with van der Waals surface area (Å²) in [5.74, 6) is 1.56. The molecule has 3 aromatic rings. The molecule has 4 rings (SSSR count). The van der Waals surface area contributed by atoms with Crippen molar-refractivity contribution < 1.29 is 18.7 Å². The number of benzene rings is 1. The number of imidazole rings is 1. The maximum absolute atomic E-state index is 11.7. The third-order valence-corrected chi connectivity index (χ3v) is 14.1. The Morgan fingerprint density at radius 3 is 2.37 bits per heavy atom. The fraction of sp³-hybridized carbons (Fsp3) is 0.548. The van der Waals surface area contributed by atoms with Crippen molar-refractivity contribution in [2.75, 3.05) is 6.61 Å². The third-order valence-electron chi connectivity index (χ3n) is 8.00. The lowest BCUT2D eigenvalue weighted by Crippen LogP contribution is -2.47. The summed E-state index contributed by atoms with van der Waals surface area (Å²) in [5.41, 5.74) is 3.43. The summed E-state index contributed by atoms with van der Waals surface area (Å²) in [6, 6.07) is 5.83. The number of hydrogen-bond donors (Lipinski definition) is 2. The predicted molar refractivity (Wildman–Crippen MR) is 162 cm³/mol. The molecule has 1 aliphatic heterocycles. The van der Waals surface area contributed by atoms with Crippen LogP contribution in [0.15, 0.2) is 24.5 Å². The quantitative estimate of drug-likeness (QED) is 0.232. The number of fused-ring (bicyclic) bond motifs is 1. The molecular formula is C31H43N5O4Si. The van der Waals surface area contributed by atoms with Crippen molar-refractivity contribution in [3.63, 3.8) is 0 Å². The molecule has 3 heterocycles. The fourth-order valence-electron chi connectivity index (χ4n) is 6.24. The van der Waals surface area contributed by atoms with Crippen LogP contribution < -0.4 is 14.8 Å². The van der Waals surface area contributed by atoms with Crippen molar-refractivity contribution in [2.45, 2.75) is 104 Å². The van der Waals surface area contributed by atoms with Crippen molar-refractivity contribution in [3.05, 3.63) is 35.8 Å². The molecular weight excluding hydrogens is 534 g/mol. The van der Waals surface area contributed by atoms with Crippen molar-refractivity contribution in [3.8, 4) is 29.1 Å². The second kappa shape index (κ2) is 12.6. The maximum Gasteiger partial charge on any atom is 0.221 e. The highest BCUT2D eigenvalue weighted by molar-refractivity contribution is 6.77. The minimum absolute atomic E-state index is 0.0331. The summed E-state index contributed by atoms with van der Waals surface area (Å²) in [4.78, 5) is 24.5. The van der Waals surface area contributed by atoms with Gasteiger partial charge in [-0.2, -0.15) is 5.26 Å². The molecule has 41 heavy (non-hydrogen) atoms. The Balaban J connectivity index is 1.70. The number of nitriles is 1. The van der Waals surface area contributed by atoms with Gasteiger partial charge in [0.05, 0.1) is 30.0 Å². The molecule has 0 spiro atoms. The Morgan fingerprint density at radius 1 is 1.07 bits per heavy atom. The van der Waals surface area contributed by atoms with Gasteiger partial charge in [0.2, 0.25) is 20.1 Å². The number of H-pyrrole nitrogens is 1. The number of carbonyl (C=O) groups is 1. The number of nitrogens with zero attached hydrogens (tertiary/aromatic N) is 3. The van der Waals surface area contributed by atoms with E-state index in [0.29, 0.717) is 64.7 Å². The lowest BCUT2D eigenvalue weighted by Gasteiger charge is -2.42. The number of amides is 1. The van der Waals surface area contributed by atoms with Crippen LogP contribution in [-0.2, 0) is 15.8 Å². The van der Waals surface area contributed by atoms with Crippen molar-refractivity contribution in [1.82, 2.24) is 20.3 Å². The number of carbonyl (C=O) groups excluding carboxylic acids is 1. The van der Waals surface area contributed by atoms with Crippen LogP contribution >= 0.6 is 0 Å². The molecule has 0 bridgehead atoms. The smallest absolute Gasteiger partial charge is 0.221 e. The van der Waals surface area contributed by atoms with E-state index in [0.717, 1.165) is 23.1 Å². The van der Waals surface area contributed by atoms with Crippen LogP contribution in [-0.4, -0.2) is 47.9 Å². The van der Waals surface area contributed by atoms with E-state index < -0.39 is 8.32 Å². The van der Waals surface area contributed by atoms with Crippen LogP contribution in [0.1, 0.15) is 79.5 Å². The number of nitrogens with one attached hydrogen (secondary N) is 2. The van der Waals surface area contributed by atoms with Crippen LogP contribution in [0.5, 0.6) is 11.6 Å². The fourth-order valence-corrected chi connectivity index (χ4v) is 11.6. The number of aromatic amines is 1. The van der Waals surface area contributed by atoms with E-state index >= 15 is 0 Å². The largest absolute Gasteiger partial charge is 0.490 e. The molecule has 2 N–H and O–H groups in total. The van der Waals surface area contributed by atoms with Crippen molar-refractivity contribution >= 4 is 25.0 Å². The number of aromatic nitrogens is 3. The zero-order valence-electron chi connectivity index (χ0n) is 25.5. The Labute approximate surface area is 244 Å².